The number of rotatable bonds is 0. The van der Waals surface area contributed by atoms with Gasteiger partial charge in [0.25, 0.3) is 5.35 Å². The minimum atomic E-state index is 0.0249. The standard InChI is InChI=1S/C7HBrCl3NO/c8-2-1-3(9)6-5(4(2)10)12-7(11)13-6/h1H. The summed E-state index contributed by atoms with van der Waals surface area (Å²) in [5, 5.41) is 0.887. The van der Waals surface area contributed by atoms with E-state index >= 15 is 0 Å². The van der Waals surface area contributed by atoms with Crippen LogP contribution in [0.4, 0.5) is 0 Å². The molecule has 1 heterocycles. The number of nitrogens with zero attached hydrogens (tertiary/aromatic N) is 1. The van der Waals surface area contributed by atoms with Crippen molar-refractivity contribution in [3.8, 4) is 0 Å². The zero-order valence-electron chi connectivity index (χ0n) is 5.94. The van der Waals surface area contributed by atoms with Crippen molar-refractivity contribution >= 4 is 61.8 Å². The van der Waals surface area contributed by atoms with E-state index in [0.717, 1.165) is 0 Å². The van der Waals surface area contributed by atoms with E-state index in [1.807, 2.05) is 0 Å². The molecule has 1 aromatic heterocycles. The second-order valence-electron chi connectivity index (χ2n) is 2.30. The zero-order valence-corrected chi connectivity index (χ0v) is 9.80. The van der Waals surface area contributed by atoms with Gasteiger partial charge in [0.05, 0.1) is 10.0 Å². The number of benzene rings is 1. The highest BCUT2D eigenvalue weighted by Crippen LogP contribution is 2.36. The lowest BCUT2D eigenvalue weighted by atomic mass is 10.3. The Hall–Kier alpha value is 0.0400. The van der Waals surface area contributed by atoms with Crippen molar-refractivity contribution in [2.75, 3.05) is 0 Å². The van der Waals surface area contributed by atoms with Crippen LogP contribution in [0.1, 0.15) is 0 Å². The van der Waals surface area contributed by atoms with E-state index in [-0.39, 0.29) is 5.35 Å². The maximum Gasteiger partial charge on any atom is 0.293 e. The fraction of sp³-hybridized carbons (Fsp3) is 0. The van der Waals surface area contributed by atoms with E-state index in [1.165, 1.54) is 0 Å². The molecular formula is C7HBrCl3NO. The quantitative estimate of drug-likeness (QED) is 0.667. The summed E-state index contributed by atoms with van der Waals surface area (Å²) in [4.78, 5) is 3.89. The van der Waals surface area contributed by atoms with Crippen molar-refractivity contribution in [3.63, 3.8) is 0 Å². The van der Waals surface area contributed by atoms with Crippen molar-refractivity contribution in [1.82, 2.24) is 4.98 Å². The SMILES string of the molecule is Clc1nc2c(Cl)c(Br)cc(Cl)c2o1. The van der Waals surface area contributed by atoms with Crippen LogP contribution in [-0.2, 0) is 0 Å². The first kappa shape index (κ1) is 9.59. The number of hydrogen-bond donors (Lipinski definition) is 0. The average molecular weight is 301 g/mol. The minimum absolute atomic E-state index is 0.0249. The molecule has 68 valence electrons. The molecule has 0 saturated heterocycles. The highest BCUT2D eigenvalue weighted by molar-refractivity contribution is 9.10. The van der Waals surface area contributed by atoms with Crippen LogP contribution >= 0.6 is 50.7 Å². The topological polar surface area (TPSA) is 26.0 Å². The van der Waals surface area contributed by atoms with E-state index in [9.17, 15) is 0 Å². The minimum Gasteiger partial charge on any atom is -0.426 e. The third-order valence-corrected chi connectivity index (χ3v) is 3.17. The van der Waals surface area contributed by atoms with Crippen LogP contribution in [0.25, 0.3) is 11.1 Å². The Labute approximate surface area is 96.9 Å². The van der Waals surface area contributed by atoms with Gasteiger partial charge in [0.1, 0.15) is 5.52 Å². The maximum absolute atomic E-state index is 5.92. The summed E-state index contributed by atoms with van der Waals surface area (Å²) >= 11 is 20.6. The molecule has 2 nitrogen and oxygen atoms in total. The van der Waals surface area contributed by atoms with Crippen LogP contribution in [0.15, 0.2) is 15.0 Å². The Morgan fingerprint density at radius 1 is 1.31 bits per heavy atom. The van der Waals surface area contributed by atoms with Crippen LogP contribution in [0.5, 0.6) is 0 Å². The molecule has 0 N–H and O–H groups in total. The molecule has 0 unspecified atom stereocenters. The van der Waals surface area contributed by atoms with Gasteiger partial charge in [-0.2, -0.15) is 4.98 Å². The molecule has 0 aliphatic carbocycles. The van der Waals surface area contributed by atoms with E-state index in [1.54, 1.807) is 6.07 Å². The summed E-state index contributed by atoms with van der Waals surface area (Å²) in [7, 11) is 0. The summed E-state index contributed by atoms with van der Waals surface area (Å²) < 4.78 is 5.72. The molecule has 13 heavy (non-hydrogen) atoms. The first-order valence-electron chi connectivity index (χ1n) is 3.19. The second-order valence-corrected chi connectivity index (χ2v) is 4.26. The number of oxazole rings is 1. The zero-order chi connectivity index (χ0) is 9.59. The Morgan fingerprint density at radius 2 is 2.00 bits per heavy atom. The van der Waals surface area contributed by atoms with E-state index < -0.39 is 0 Å². The van der Waals surface area contributed by atoms with Crippen molar-refractivity contribution in [1.29, 1.82) is 0 Å². The number of hydrogen-bond acceptors (Lipinski definition) is 2. The highest BCUT2D eigenvalue weighted by Gasteiger charge is 2.14. The third kappa shape index (κ3) is 1.54. The monoisotopic (exact) mass is 299 g/mol. The predicted octanol–water partition coefficient (Wildman–Crippen LogP) is 4.55. The summed E-state index contributed by atoms with van der Waals surface area (Å²) in [5.74, 6) is 0. The number of fused-ring (bicyclic) bond motifs is 1. The molecule has 2 aromatic rings. The largest absolute Gasteiger partial charge is 0.426 e. The van der Waals surface area contributed by atoms with E-state index in [4.69, 9.17) is 39.2 Å². The fourth-order valence-electron chi connectivity index (χ4n) is 0.958. The first-order valence-corrected chi connectivity index (χ1v) is 5.12. The van der Waals surface area contributed by atoms with Gasteiger partial charge in [-0.25, -0.2) is 0 Å². The van der Waals surface area contributed by atoms with Gasteiger partial charge < -0.3 is 4.42 Å². The molecule has 0 spiro atoms. The van der Waals surface area contributed by atoms with Gasteiger partial charge in [-0.05, 0) is 33.6 Å². The summed E-state index contributed by atoms with van der Waals surface area (Å²) in [6.07, 6.45) is 0. The Bertz CT molecular complexity index is 482. The van der Waals surface area contributed by atoms with Gasteiger partial charge in [0.2, 0.25) is 0 Å². The molecule has 0 saturated carbocycles. The smallest absolute Gasteiger partial charge is 0.293 e. The van der Waals surface area contributed by atoms with Gasteiger partial charge in [-0.15, -0.1) is 0 Å². The predicted molar refractivity (Wildman–Crippen MR) is 56.7 cm³/mol. The summed E-state index contributed by atoms with van der Waals surface area (Å²) in [6.45, 7) is 0. The molecule has 0 bridgehead atoms. The van der Waals surface area contributed by atoms with Crippen LogP contribution in [0.3, 0.4) is 0 Å². The van der Waals surface area contributed by atoms with Crippen molar-refractivity contribution in [2.45, 2.75) is 0 Å². The molecule has 0 radical (unpaired) electrons. The number of aromatic nitrogens is 1. The van der Waals surface area contributed by atoms with Gasteiger partial charge in [0, 0.05) is 4.47 Å². The summed E-state index contributed by atoms with van der Waals surface area (Å²) in [6, 6.07) is 1.63. The lowest BCUT2D eigenvalue weighted by molar-refractivity contribution is 0.604. The first-order chi connectivity index (χ1) is 6.09. The Morgan fingerprint density at radius 3 is 2.69 bits per heavy atom. The van der Waals surface area contributed by atoms with Gasteiger partial charge in [-0.3, -0.25) is 0 Å². The fourth-order valence-corrected chi connectivity index (χ4v) is 2.09. The van der Waals surface area contributed by atoms with Crippen molar-refractivity contribution in [2.24, 2.45) is 0 Å². The molecule has 0 fully saturated rings. The lowest BCUT2D eigenvalue weighted by Crippen LogP contribution is -1.75. The molecule has 1 aromatic carbocycles. The molecular weight excluding hydrogens is 300 g/mol. The third-order valence-electron chi connectivity index (χ3n) is 1.49. The molecule has 0 aliphatic rings. The van der Waals surface area contributed by atoms with E-state index in [0.29, 0.717) is 25.6 Å². The average Bonchev–Trinajstić information content (AvgIpc) is 2.44. The summed E-state index contributed by atoms with van der Waals surface area (Å²) in [5.41, 5.74) is 0.867. The van der Waals surface area contributed by atoms with Gasteiger partial charge >= 0.3 is 0 Å². The van der Waals surface area contributed by atoms with Crippen LogP contribution in [-0.4, -0.2) is 4.98 Å². The number of halogens is 4. The molecule has 0 atom stereocenters. The van der Waals surface area contributed by atoms with Crippen molar-refractivity contribution in [3.05, 3.63) is 25.9 Å². The molecule has 6 heteroatoms. The van der Waals surface area contributed by atoms with Crippen molar-refractivity contribution < 1.29 is 4.42 Å². The van der Waals surface area contributed by atoms with Crippen LogP contribution in [0, 0.1) is 0 Å². The molecule has 0 aliphatic heterocycles. The van der Waals surface area contributed by atoms with Crippen LogP contribution < -0.4 is 0 Å². The molecule has 0 amide bonds. The van der Waals surface area contributed by atoms with E-state index in [2.05, 4.69) is 20.9 Å². The molecule has 2 rings (SSSR count). The normalized spacial score (nSPS) is 11.1. The van der Waals surface area contributed by atoms with Crippen LogP contribution in [0.2, 0.25) is 15.4 Å². The lowest BCUT2D eigenvalue weighted by Gasteiger charge is -1.96. The Kier molecular flexibility index (Phi) is 2.45. The van der Waals surface area contributed by atoms with Gasteiger partial charge in [0.15, 0.2) is 5.58 Å². The maximum atomic E-state index is 5.92. The highest BCUT2D eigenvalue weighted by atomic mass is 79.9. The van der Waals surface area contributed by atoms with Gasteiger partial charge in [-0.1, -0.05) is 23.2 Å². The Balaban J connectivity index is 2.95. The second kappa shape index (κ2) is 3.31.